The van der Waals surface area contributed by atoms with Gasteiger partial charge in [0.15, 0.2) is 0 Å². The Hall–Kier alpha value is -0.770. The number of ether oxygens (including phenoxy) is 1. The van der Waals surface area contributed by atoms with Crippen LogP contribution in [0.2, 0.25) is 5.02 Å². The number of nitrogens with two attached hydrogens (primary N) is 1. The van der Waals surface area contributed by atoms with Crippen molar-refractivity contribution >= 4 is 17.3 Å². The predicted octanol–water partition coefficient (Wildman–Crippen LogP) is 2.85. The summed E-state index contributed by atoms with van der Waals surface area (Å²) >= 11 is 6.40. The highest BCUT2D eigenvalue weighted by Gasteiger charge is 2.23. The lowest BCUT2D eigenvalue weighted by Crippen LogP contribution is -2.40. The summed E-state index contributed by atoms with van der Waals surface area (Å²) in [6.07, 6.45) is 3.48. The van der Waals surface area contributed by atoms with Crippen LogP contribution in [-0.4, -0.2) is 32.3 Å². The van der Waals surface area contributed by atoms with Crippen molar-refractivity contribution in [3.05, 3.63) is 28.8 Å². The summed E-state index contributed by atoms with van der Waals surface area (Å²) in [7, 11) is 0. The van der Waals surface area contributed by atoms with Crippen molar-refractivity contribution in [3.8, 4) is 0 Å². The average molecular weight is 283 g/mol. The number of para-hydroxylation sites is 1. The minimum absolute atomic E-state index is 0.320. The molecule has 1 unspecified atom stereocenters. The van der Waals surface area contributed by atoms with E-state index in [4.69, 9.17) is 22.1 Å². The summed E-state index contributed by atoms with van der Waals surface area (Å²) in [5, 5.41) is 0.822. The van der Waals surface area contributed by atoms with E-state index in [1.165, 1.54) is 5.56 Å². The Morgan fingerprint density at radius 1 is 1.47 bits per heavy atom. The van der Waals surface area contributed by atoms with E-state index in [-0.39, 0.29) is 0 Å². The molecule has 1 aromatic carbocycles. The summed E-state index contributed by atoms with van der Waals surface area (Å²) in [5.41, 5.74) is 8.09. The van der Waals surface area contributed by atoms with Crippen LogP contribution in [-0.2, 0) is 11.2 Å². The lowest BCUT2D eigenvalue weighted by atomic mass is 10.0. The summed E-state index contributed by atoms with van der Waals surface area (Å²) in [6, 6.07) is 6.08. The molecule has 1 aliphatic heterocycles. The van der Waals surface area contributed by atoms with E-state index in [2.05, 4.69) is 11.0 Å². The van der Waals surface area contributed by atoms with Crippen LogP contribution in [0.15, 0.2) is 18.2 Å². The van der Waals surface area contributed by atoms with E-state index in [0.717, 1.165) is 49.7 Å². The van der Waals surface area contributed by atoms with Crippen LogP contribution in [0.25, 0.3) is 0 Å². The van der Waals surface area contributed by atoms with Gasteiger partial charge in [-0.25, -0.2) is 0 Å². The number of hydrogen-bond donors (Lipinski definition) is 1. The third-order valence-electron chi connectivity index (χ3n) is 3.58. The molecule has 3 nitrogen and oxygen atoms in total. The highest BCUT2D eigenvalue weighted by molar-refractivity contribution is 6.33. The lowest BCUT2D eigenvalue weighted by molar-refractivity contribution is 0.0526. The standard InChI is InChI=1S/C15H23ClN2O/c1-2-19-13-6-4-10-18(11-13)15-12(8-9-17)5-3-7-14(15)16/h3,5,7,13H,2,4,6,8-11,17H2,1H3. The Labute approximate surface area is 120 Å². The van der Waals surface area contributed by atoms with Crippen LogP contribution in [0.5, 0.6) is 0 Å². The fourth-order valence-corrected chi connectivity index (χ4v) is 3.10. The molecule has 0 amide bonds. The average Bonchev–Trinajstić information content (AvgIpc) is 2.40. The zero-order valence-electron chi connectivity index (χ0n) is 11.6. The van der Waals surface area contributed by atoms with Crippen LogP contribution in [0.3, 0.4) is 0 Å². The molecule has 0 saturated carbocycles. The van der Waals surface area contributed by atoms with Gasteiger partial charge in [-0.15, -0.1) is 0 Å². The summed E-state index contributed by atoms with van der Waals surface area (Å²) in [6.45, 7) is 5.45. The zero-order valence-corrected chi connectivity index (χ0v) is 12.3. The zero-order chi connectivity index (χ0) is 13.7. The molecule has 0 aliphatic carbocycles. The molecule has 19 heavy (non-hydrogen) atoms. The molecule has 106 valence electrons. The Morgan fingerprint density at radius 2 is 2.32 bits per heavy atom. The van der Waals surface area contributed by atoms with Gasteiger partial charge >= 0.3 is 0 Å². The van der Waals surface area contributed by atoms with Gasteiger partial charge in [0.2, 0.25) is 0 Å². The first-order chi connectivity index (χ1) is 9.26. The second-order valence-corrected chi connectivity index (χ2v) is 5.36. The van der Waals surface area contributed by atoms with Crippen LogP contribution in [0.4, 0.5) is 5.69 Å². The van der Waals surface area contributed by atoms with Gasteiger partial charge in [0.25, 0.3) is 0 Å². The van der Waals surface area contributed by atoms with Crippen molar-refractivity contribution in [2.24, 2.45) is 5.73 Å². The molecular formula is C15H23ClN2O. The molecule has 1 atom stereocenters. The smallest absolute Gasteiger partial charge is 0.0750 e. The molecule has 0 aromatic heterocycles. The van der Waals surface area contributed by atoms with E-state index in [1.54, 1.807) is 0 Å². The van der Waals surface area contributed by atoms with Gasteiger partial charge in [-0.05, 0) is 44.4 Å². The quantitative estimate of drug-likeness (QED) is 0.902. The predicted molar refractivity (Wildman–Crippen MR) is 81.1 cm³/mol. The first-order valence-electron chi connectivity index (χ1n) is 7.10. The number of halogens is 1. The molecule has 0 spiro atoms. The van der Waals surface area contributed by atoms with E-state index in [9.17, 15) is 0 Å². The van der Waals surface area contributed by atoms with Gasteiger partial charge in [-0.2, -0.15) is 0 Å². The van der Waals surface area contributed by atoms with Crippen molar-refractivity contribution < 1.29 is 4.74 Å². The molecule has 1 aromatic rings. The largest absolute Gasteiger partial charge is 0.377 e. The van der Waals surface area contributed by atoms with Gasteiger partial charge in [0.1, 0.15) is 0 Å². The minimum Gasteiger partial charge on any atom is -0.377 e. The highest BCUT2D eigenvalue weighted by atomic mass is 35.5. The molecule has 0 radical (unpaired) electrons. The third kappa shape index (κ3) is 3.62. The highest BCUT2D eigenvalue weighted by Crippen LogP contribution is 2.32. The molecule has 1 heterocycles. The number of benzene rings is 1. The van der Waals surface area contributed by atoms with E-state index >= 15 is 0 Å². The fourth-order valence-electron chi connectivity index (χ4n) is 2.78. The van der Waals surface area contributed by atoms with Gasteiger partial charge in [0.05, 0.1) is 16.8 Å². The van der Waals surface area contributed by atoms with Gasteiger partial charge in [-0.3, -0.25) is 0 Å². The normalized spacial score (nSPS) is 19.7. The molecule has 0 bridgehead atoms. The summed E-state index contributed by atoms with van der Waals surface area (Å²) < 4.78 is 5.76. The maximum Gasteiger partial charge on any atom is 0.0750 e. The van der Waals surface area contributed by atoms with Crippen molar-refractivity contribution in [2.75, 3.05) is 31.1 Å². The van der Waals surface area contributed by atoms with Crippen LogP contribution in [0, 0.1) is 0 Å². The molecule has 1 fully saturated rings. The Kier molecular flexibility index (Phi) is 5.49. The van der Waals surface area contributed by atoms with Crippen LogP contribution >= 0.6 is 11.6 Å². The van der Waals surface area contributed by atoms with E-state index < -0.39 is 0 Å². The third-order valence-corrected chi connectivity index (χ3v) is 3.89. The van der Waals surface area contributed by atoms with Crippen LogP contribution < -0.4 is 10.6 Å². The van der Waals surface area contributed by atoms with Gasteiger partial charge in [0, 0.05) is 19.7 Å². The molecule has 4 heteroatoms. The molecule has 1 saturated heterocycles. The summed E-state index contributed by atoms with van der Waals surface area (Å²) in [5.74, 6) is 0. The topological polar surface area (TPSA) is 38.5 Å². The second-order valence-electron chi connectivity index (χ2n) is 4.95. The Bertz CT molecular complexity index is 409. The minimum atomic E-state index is 0.320. The van der Waals surface area contributed by atoms with E-state index in [1.807, 2.05) is 19.1 Å². The van der Waals surface area contributed by atoms with Crippen molar-refractivity contribution in [1.82, 2.24) is 0 Å². The van der Waals surface area contributed by atoms with Gasteiger partial charge in [-0.1, -0.05) is 23.7 Å². The Morgan fingerprint density at radius 3 is 3.05 bits per heavy atom. The number of nitrogens with zero attached hydrogens (tertiary/aromatic N) is 1. The number of hydrogen-bond acceptors (Lipinski definition) is 3. The van der Waals surface area contributed by atoms with Crippen molar-refractivity contribution in [2.45, 2.75) is 32.3 Å². The fraction of sp³-hybridized carbons (Fsp3) is 0.600. The lowest BCUT2D eigenvalue weighted by Gasteiger charge is -2.35. The molecule has 2 N–H and O–H groups in total. The maximum atomic E-state index is 6.40. The number of piperidine rings is 1. The molecule has 1 aliphatic rings. The maximum absolute atomic E-state index is 6.40. The summed E-state index contributed by atoms with van der Waals surface area (Å²) in [4.78, 5) is 2.36. The Balaban J connectivity index is 2.20. The first-order valence-corrected chi connectivity index (χ1v) is 7.48. The molecular weight excluding hydrogens is 260 g/mol. The second kappa shape index (κ2) is 7.13. The number of anilines is 1. The van der Waals surface area contributed by atoms with Crippen molar-refractivity contribution in [1.29, 1.82) is 0 Å². The number of rotatable bonds is 5. The monoisotopic (exact) mass is 282 g/mol. The van der Waals surface area contributed by atoms with Crippen LogP contribution in [0.1, 0.15) is 25.3 Å². The first kappa shape index (κ1) is 14.6. The molecule has 2 rings (SSSR count). The van der Waals surface area contributed by atoms with Crippen molar-refractivity contribution in [3.63, 3.8) is 0 Å². The van der Waals surface area contributed by atoms with Gasteiger partial charge < -0.3 is 15.4 Å². The van der Waals surface area contributed by atoms with E-state index in [0.29, 0.717) is 12.6 Å². The SMILES string of the molecule is CCOC1CCCN(c2c(Cl)cccc2CCN)C1.